The molecule has 0 saturated carbocycles. The van der Waals surface area contributed by atoms with E-state index in [2.05, 4.69) is 28.6 Å². The first-order valence-electron chi connectivity index (χ1n) is 4.71. The first-order valence-corrected chi connectivity index (χ1v) is 5.50. The minimum absolute atomic E-state index is 0.625. The van der Waals surface area contributed by atoms with Gasteiger partial charge in [-0.15, -0.1) is 6.58 Å². The third-order valence-corrected chi connectivity index (χ3v) is 2.49. The molecule has 0 spiro atoms. The van der Waals surface area contributed by atoms with Crippen LogP contribution in [-0.4, -0.2) is 6.61 Å². The van der Waals surface area contributed by atoms with E-state index in [0.717, 1.165) is 23.1 Å². The molecule has 0 bridgehead atoms. The van der Waals surface area contributed by atoms with Crippen LogP contribution >= 0.6 is 15.9 Å². The highest BCUT2D eigenvalue weighted by molar-refractivity contribution is 9.10. The van der Waals surface area contributed by atoms with E-state index < -0.39 is 0 Å². The summed E-state index contributed by atoms with van der Waals surface area (Å²) in [5.74, 6) is 0.776. The Hall–Kier alpha value is -1.27. The van der Waals surface area contributed by atoms with Gasteiger partial charge in [0, 0.05) is 0 Å². The van der Waals surface area contributed by atoms with Gasteiger partial charge in [-0.3, -0.25) is 0 Å². The normalized spacial score (nSPS) is 9.33. The van der Waals surface area contributed by atoms with Crippen LogP contribution in [0, 0.1) is 11.3 Å². The Bertz CT molecular complexity index is 382. The number of rotatable bonds is 5. The Labute approximate surface area is 98.3 Å². The van der Waals surface area contributed by atoms with Crippen LogP contribution in [-0.2, 0) is 0 Å². The fourth-order valence-electron chi connectivity index (χ4n) is 1.10. The molecule has 3 heteroatoms. The number of benzene rings is 1. The van der Waals surface area contributed by atoms with Gasteiger partial charge in [0.25, 0.3) is 0 Å². The maximum absolute atomic E-state index is 8.68. The van der Waals surface area contributed by atoms with Gasteiger partial charge in [-0.25, -0.2) is 0 Å². The molecule has 78 valence electrons. The van der Waals surface area contributed by atoms with Crippen molar-refractivity contribution >= 4 is 15.9 Å². The van der Waals surface area contributed by atoms with E-state index in [1.165, 1.54) is 0 Å². The number of hydrogen-bond donors (Lipinski definition) is 0. The molecular weight excluding hydrogens is 254 g/mol. The first kappa shape index (κ1) is 11.8. The molecule has 0 amide bonds. The second-order valence-electron chi connectivity index (χ2n) is 3.04. The number of hydrogen-bond acceptors (Lipinski definition) is 2. The second kappa shape index (κ2) is 6.26. The average molecular weight is 266 g/mol. The zero-order valence-electron chi connectivity index (χ0n) is 8.37. The highest BCUT2D eigenvalue weighted by atomic mass is 79.9. The lowest BCUT2D eigenvalue weighted by Gasteiger charge is -2.07. The van der Waals surface area contributed by atoms with Crippen molar-refractivity contribution in [3.63, 3.8) is 0 Å². The molecule has 0 heterocycles. The topological polar surface area (TPSA) is 33.0 Å². The van der Waals surface area contributed by atoms with Gasteiger partial charge in [0.2, 0.25) is 0 Å². The third kappa shape index (κ3) is 3.77. The van der Waals surface area contributed by atoms with Crippen molar-refractivity contribution in [3.05, 3.63) is 40.9 Å². The van der Waals surface area contributed by atoms with Gasteiger partial charge < -0.3 is 4.74 Å². The molecule has 2 nitrogen and oxygen atoms in total. The van der Waals surface area contributed by atoms with Gasteiger partial charge in [0.05, 0.1) is 22.7 Å². The minimum atomic E-state index is 0.625. The maximum atomic E-state index is 8.68. The van der Waals surface area contributed by atoms with Crippen molar-refractivity contribution in [1.82, 2.24) is 0 Å². The molecule has 1 rings (SSSR count). The molecule has 0 aliphatic heterocycles. The van der Waals surface area contributed by atoms with Crippen LogP contribution < -0.4 is 4.74 Å². The van der Waals surface area contributed by atoms with Gasteiger partial charge in [-0.1, -0.05) is 6.08 Å². The van der Waals surface area contributed by atoms with E-state index in [0.29, 0.717) is 12.2 Å². The Kier molecular flexibility index (Phi) is 4.92. The van der Waals surface area contributed by atoms with Crippen LogP contribution in [0.25, 0.3) is 0 Å². The molecular formula is C12H12BrNO. The lowest BCUT2D eigenvalue weighted by molar-refractivity contribution is 0.310. The number of unbranched alkanes of at least 4 members (excludes halogenated alkanes) is 1. The van der Waals surface area contributed by atoms with Crippen molar-refractivity contribution in [2.24, 2.45) is 0 Å². The van der Waals surface area contributed by atoms with E-state index in [-0.39, 0.29) is 0 Å². The van der Waals surface area contributed by atoms with Crippen LogP contribution in [0.1, 0.15) is 18.4 Å². The summed E-state index contributed by atoms with van der Waals surface area (Å²) in [6, 6.07) is 7.37. The minimum Gasteiger partial charge on any atom is -0.492 e. The number of allylic oxidation sites excluding steroid dienone is 1. The molecule has 0 saturated heterocycles. The summed E-state index contributed by atoms with van der Waals surface area (Å²) >= 11 is 3.36. The Balaban J connectivity index is 2.55. The van der Waals surface area contributed by atoms with Crippen molar-refractivity contribution in [2.75, 3.05) is 6.61 Å². The monoisotopic (exact) mass is 265 g/mol. The van der Waals surface area contributed by atoms with Crippen molar-refractivity contribution in [1.29, 1.82) is 5.26 Å². The summed E-state index contributed by atoms with van der Waals surface area (Å²) < 4.78 is 6.35. The van der Waals surface area contributed by atoms with Crippen molar-refractivity contribution < 1.29 is 4.74 Å². The summed E-state index contributed by atoms with van der Waals surface area (Å²) in [5, 5.41) is 8.68. The first-order chi connectivity index (χ1) is 7.27. The standard InChI is InChI=1S/C12H12BrNO/c1-2-3-4-7-15-12-6-5-10(9-14)8-11(12)13/h2,5-6,8H,1,3-4,7H2. The fraction of sp³-hybridized carbons (Fsp3) is 0.250. The average Bonchev–Trinajstić information content (AvgIpc) is 2.26. The smallest absolute Gasteiger partial charge is 0.133 e. The van der Waals surface area contributed by atoms with E-state index in [4.69, 9.17) is 10.00 Å². The third-order valence-electron chi connectivity index (χ3n) is 1.87. The van der Waals surface area contributed by atoms with Crippen LogP contribution in [0.5, 0.6) is 5.75 Å². The second-order valence-corrected chi connectivity index (χ2v) is 3.89. The van der Waals surface area contributed by atoms with Crippen LogP contribution in [0.3, 0.4) is 0 Å². The van der Waals surface area contributed by atoms with Crippen LogP contribution in [0.15, 0.2) is 35.3 Å². The molecule has 0 atom stereocenters. The Morgan fingerprint density at radius 1 is 1.53 bits per heavy atom. The summed E-state index contributed by atoms with van der Waals surface area (Å²) in [5.41, 5.74) is 0.625. The molecule has 0 N–H and O–H groups in total. The van der Waals surface area contributed by atoms with Gasteiger partial charge in [0.1, 0.15) is 5.75 Å². The predicted molar refractivity (Wildman–Crippen MR) is 63.8 cm³/mol. The van der Waals surface area contributed by atoms with Crippen molar-refractivity contribution in [2.45, 2.75) is 12.8 Å². The highest BCUT2D eigenvalue weighted by Gasteiger charge is 2.01. The van der Waals surface area contributed by atoms with Gasteiger partial charge in [-0.05, 0) is 47.0 Å². The number of nitriles is 1. The molecule has 0 aliphatic carbocycles. The Morgan fingerprint density at radius 2 is 2.33 bits per heavy atom. The number of ether oxygens (including phenoxy) is 1. The maximum Gasteiger partial charge on any atom is 0.133 e. The number of nitrogens with zero attached hydrogens (tertiary/aromatic N) is 1. The van der Waals surface area contributed by atoms with E-state index in [1.807, 2.05) is 6.08 Å². The van der Waals surface area contributed by atoms with Gasteiger partial charge in [-0.2, -0.15) is 5.26 Å². The largest absolute Gasteiger partial charge is 0.492 e. The molecule has 0 aromatic heterocycles. The van der Waals surface area contributed by atoms with Gasteiger partial charge >= 0.3 is 0 Å². The zero-order valence-corrected chi connectivity index (χ0v) is 9.96. The highest BCUT2D eigenvalue weighted by Crippen LogP contribution is 2.25. The predicted octanol–water partition coefficient (Wildman–Crippen LogP) is 3.67. The summed E-state index contributed by atoms with van der Waals surface area (Å²) in [6.45, 7) is 4.31. The molecule has 0 aliphatic rings. The van der Waals surface area contributed by atoms with Crippen molar-refractivity contribution in [3.8, 4) is 11.8 Å². The molecule has 1 aromatic rings. The lowest BCUT2D eigenvalue weighted by atomic mass is 10.2. The van der Waals surface area contributed by atoms with E-state index >= 15 is 0 Å². The van der Waals surface area contributed by atoms with Crippen LogP contribution in [0.4, 0.5) is 0 Å². The SMILES string of the molecule is C=CCCCOc1ccc(C#N)cc1Br. The molecule has 0 fully saturated rings. The van der Waals surface area contributed by atoms with E-state index in [1.54, 1.807) is 18.2 Å². The Morgan fingerprint density at radius 3 is 2.93 bits per heavy atom. The quantitative estimate of drug-likeness (QED) is 0.601. The molecule has 15 heavy (non-hydrogen) atoms. The summed E-state index contributed by atoms with van der Waals surface area (Å²) in [7, 11) is 0. The summed E-state index contributed by atoms with van der Waals surface area (Å²) in [4.78, 5) is 0. The van der Waals surface area contributed by atoms with E-state index in [9.17, 15) is 0 Å². The molecule has 0 radical (unpaired) electrons. The summed E-state index contributed by atoms with van der Waals surface area (Å²) in [6.07, 6.45) is 3.78. The number of halogens is 1. The molecule has 0 unspecified atom stereocenters. The zero-order chi connectivity index (χ0) is 11.1. The van der Waals surface area contributed by atoms with Gasteiger partial charge in [0.15, 0.2) is 0 Å². The van der Waals surface area contributed by atoms with Crippen LogP contribution in [0.2, 0.25) is 0 Å². The molecule has 1 aromatic carbocycles. The lowest BCUT2D eigenvalue weighted by Crippen LogP contribution is -1.97. The fourth-order valence-corrected chi connectivity index (χ4v) is 1.59.